The van der Waals surface area contributed by atoms with Gasteiger partial charge < -0.3 is 18.8 Å². The van der Waals surface area contributed by atoms with Gasteiger partial charge in [0, 0.05) is 29.6 Å². The summed E-state index contributed by atoms with van der Waals surface area (Å²) in [5, 5.41) is 10.6. The highest BCUT2D eigenvalue weighted by atomic mass is 35.5. The number of imidazole rings is 1. The lowest BCUT2D eigenvalue weighted by Gasteiger charge is -2.30. The van der Waals surface area contributed by atoms with Crippen molar-refractivity contribution in [1.82, 2.24) is 9.55 Å². The number of nitrogens with zero attached hydrogens (tertiary/aromatic N) is 3. The van der Waals surface area contributed by atoms with Crippen LogP contribution >= 0.6 is 23.2 Å². The van der Waals surface area contributed by atoms with E-state index >= 15 is 0 Å². The number of benzene rings is 1. The van der Waals surface area contributed by atoms with Gasteiger partial charge in [-0.25, -0.2) is 9.82 Å². The molecule has 1 aromatic heterocycles. The van der Waals surface area contributed by atoms with Crippen LogP contribution in [0.3, 0.4) is 0 Å². The van der Waals surface area contributed by atoms with E-state index in [4.69, 9.17) is 37.4 Å². The fraction of sp³-hybridized carbons (Fsp3) is 0.526. The molecule has 164 valence electrons. The third-order valence-electron chi connectivity index (χ3n) is 4.61. The Labute approximate surface area is 183 Å². The summed E-state index contributed by atoms with van der Waals surface area (Å²) < 4.78 is 19.5. The van der Waals surface area contributed by atoms with Crippen LogP contribution < -0.4 is 4.84 Å². The van der Waals surface area contributed by atoms with Crippen molar-refractivity contribution in [3.63, 3.8) is 0 Å². The Morgan fingerprint density at radius 3 is 2.97 bits per heavy atom. The van der Waals surface area contributed by atoms with E-state index in [0.29, 0.717) is 28.8 Å². The van der Waals surface area contributed by atoms with Crippen molar-refractivity contribution in [3.05, 3.63) is 56.3 Å². The van der Waals surface area contributed by atoms with Crippen LogP contribution in [0.25, 0.3) is 0 Å². The summed E-state index contributed by atoms with van der Waals surface area (Å²) in [5.41, 5.74) is 0.544. The van der Waals surface area contributed by atoms with Crippen molar-refractivity contribution >= 4 is 23.2 Å². The SMILES string of the molecule is CCCCCOCC1COC(Cn2ccnc2O[N+](=O)[O-])(c2ccc(Cl)cc2Cl)O1. The van der Waals surface area contributed by atoms with Gasteiger partial charge in [0.25, 0.3) is 6.01 Å². The molecule has 1 fully saturated rings. The number of hydrogen-bond acceptors (Lipinski definition) is 7. The Hall–Kier alpha value is -1.91. The second-order valence-corrected chi connectivity index (χ2v) is 7.71. The second kappa shape index (κ2) is 10.4. The molecular weight excluding hydrogens is 437 g/mol. The standard InChI is InChI=1S/C19H23Cl2N3O6/c1-2-3-4-9-27-11-15-12-28-19(29-15,16-6-5-14(20)10-17(16)21)13-23-8-7-22-18(23)30-24(25)26/h5-8,10,15H,2-4,9,11-13H2,1H3. The van der Waals surface area contributed by atoms with Gasteiger partial charge in [0.2, 0.25) is 5.79 Å². The smallest absolute Gasteiger partial charge is 0.302 e. The maximum absolute atomic E-state index is 10.8. The zero-order chi connectivity index (χ0) is 21.6. The molecule has 2 aromatic rings. The molecule has 0 spiro atoms. The number of aromatic nitrogens is 2. The Morgan fingerprint density at radius 2 is 2.23 bits per heavy atom. The third-order valence-corrected chi connectivity index (χ3v) is 5.16. The van der Waals surface area contributed by atoms with Gasteiger partial charge in [0.15, 0.2) is 0 Å². The molecule has 0 N–H and O–H groups in total. The van der Waals surface area contributed by atoms with Gasteiger partial charge in [-0.15, -0.1) is 10.1 Å². The topological polar surface area (TPSA) is 97.9 Å². The Kier molecular flexibility index (Phi) is 7.90. The highest BCUT2D eigenvalue weighted by molar-refractivity contribution is 6.35. The summed E-state index contributed by atoms with van der Waals surface area (Å²) in [5.74, 6) is -1.31. The second-order valence-electron chi connectivity index (χ2n) is 6.86. The van der Waals surface area contributed by atoms with Crippen LogP contribution in [-0.4, -0.2) is 40.6 Å². The van der Waals surface area contributed by atoms with Gasteiger partial charge >= 0.3 is 5.09 Å². The first kappa shape index (κ1) is 22.8. The number of halogens is 2. The fourth-order valence-corrected chi connectivity index (χ4v) is 3.78. The molecule has 30 heavy (non-hydrogen) atoms. The van der Waals surface area contributed by atoms with E-state index in [1.54, 1.807) is 18.2 Å². The Bertz CT molecular complexity index is 865. The van der Waals surface area contributed by atoms with Crippen molar-refractivity contribution in [1.29, 1.82) is 0 Å². The molecule has 11 heteroatoms. The van der Waals surface area contributed by atoms with E-state index in [1.807, 2.05) is 0 Å². The third kappa shape index (κ3) is 5.61. The summed E-state index contributed by atoms with van der Waals surface area (Å²) in [6.07, 6.45) is 5.79. The summed E-state index contributed by atoms with van der Waals surface area (Å²) in [6.45, 7) is 3.44. The lowest BCUT2D eigenvalue weighted by atomic mass is 10.1. The van der Waals surface area contributed by atoms with Crippen molar-refractivity contribution in [2.45, 2.75) is 44.6 Å². The molecule has 0 aliphatic carbocycles. The Balaban J connectivity index is 1.80. The van der Waals surface area contributed by atoms with E-state index in [-0.39, 0.29) is 25.3 Å². The Morgan fingerprint density at radius 1 is 1.40 bits per heavy atom. The molecule has 1 aliphatic rings. The van der Waals surface area contributed by atoms with Crippen LogP contribution in [0.4, 0.5) is 0 Å². The number of unbranched alkanes of at least 4 members (excludes halogenated alkanes) is 2. The average molecular weight is 460 g/mol. The van der Waals surface area contributed by atoms with Crippen LogP contribution in [0, 0.1) is 10.1 Å². The first-order valence-corrected chi connectivity index (χ1v) is 10.4. The van der Waals surface area contributed by atoms with Crippen LogP contribution in [0.1, 0.15) is 31.7 Å². The van der Waals surface area contributed by atoms with E-state index in [1.165, 1.54) is 17.0 Å². The summed E-state index contributed by atoms with van der Waals surface area (Å²) in [7, 11) is 0. The normalized spacial score (nSPS) is 21.1. The molecule has 1 aromatic carbocycles. The van der Waals surface area contributed by atoms with E-state index in [2.05, 4.69) is 16.7 Å². The molecule has 0 amide bonds. The zero-order valence-electron chi connectivity index (χ0n) is 16.5. The fourth-order valence-electron chi connectivity index (χ4n) is 3.23. The quantitative estimate of drug-likeness (QED) is 0.281. The minimum Gasteiger partial charge on any atom is -0.379 e. The summed E-state index contributed by atoms with van der Waals surface area (Å²) in [4.78, 5) is 19.2. The maximum atomic E-state index is 10.8. The molecule has 3 rings (SSSR count). The molecule has 0 saturated carbocycles. The average Bonchev–Trinajstić information content (AvgIpc) is 3.29. The van der Waals surface area contributed by atoms with Crippen molar-refractivity contribution in [2.75, 3.05) is 19.8 Å². The molecule has 2 atom stereocenters. The van der Waals surface area contributed by atoms with Crippen molar-refractivity contribution < 1.29 is 24.1 Å². The van der Waals surface area contributed by atoms with Crippen LogP contribution in [0.2, 0.25) is 10.0 Å². The molecule has 1 aliphatic heterocycles. The van der Waals surface area contributed by atoms with Gasteiger partial charge in [0.1, 0.15) is 6.10 Å². The summed E-state index contributed by atoms with van der Waals surface area (Å²) >= 11 is 12.5. The number of rotatable bonds is 11. The molecule has 2 heterocycles. The van der Waals surface area contributed by atoms with Crippen LogP contribution in [-0.2, 0) is 26.5 Å². The predicted octanol–water partition coefficient (Wildman–Crippen LogP) is 4.24. The molecule has 0 radical (unpaired) electrons. The largest absolute Gasteiger partial charge is 0.379 e. The van der Waals surface area contributed by atoms with E-state index in [9.17, 15) is 10.1 Å². The number of hydrogen-bond donors (Lipinski definition) is 0. The molecule has 0 bridgehead atoms. The lowest BCUT2D eigenvalue weighted by molar-refractivity contribution is -0.713. The van der Waals surface area contributed by atoms with Gasteiger partial charge in [-0.05, 0) is 18.6 Å². The van der Waals surface area contributed by atoms with Crippen molar-refractivity contribution in [3.8, 4) is 6.01 Å². The predicted molar refractivity (Wildman–Crippen MR) is 109 cm³/mol. The van der Waals surface area contributed by atoms with Crippen LogP contribution in [0.15, 0.2) is 30.6 Å². The molecule has 9 nitrogen and oxygen atoms in total. The number of ether oxygens (including phenoxy) is 3. The summed E-state index contributed by atoms with van der Waals surface area (Å²) in [6, 6.07) is 4.77. The van der Waals surface area contributed by atoms with Gasteiger partial charge in [-0.3, -0.25) is 0 Å². The van der Waals surface area contributed by atoms with Gasteiger partial charge in [0.05, 0.1) is 24.8 Å². The first-order valence-electron chi connectivity index (χ1n) is 9.62. The first-order chi connectivity index (χ1) is 14.4. The highest BCUT2D eigenvalue weighted by Crippen LogP contribution is 2.41. The maximum Gasteiger partial charge on any atom is 0.302 e. The van der Waals surface area contributed by atoms with Crippen molar-refractivity contribution in [2.24, 2.45) is 0 Å². The molecular formula is C19H23Cl2N3O6. The monoisotopic (exact) mass is 459 g/mol. The molecule has 2 unspecified atom stereocenters. The highest BCUT2D eigenvalue weighted by Gasteiger charge is 2.45. The minimum atomic E-state index is -1.31. The lowest BCUT2D eigenvalue weighted by Crippen LogP contribution is -2.35. The van der Waals surface area contributed by atoms with E-state index in [0.717, 1.165) is 19.3 Å². The zero-order valence-corrected chi connectivity index (χ0v) is 18.0. The molecule has 1 saturated heterocycles. The minimum absolute atomic E-state index is 0.0316. The van der Waals surface area contributed by atoms with Crippen LogP contribution in [0.5, 0.6) is 6.01 Å². The van der Waals surface area contributed by atoms with Gasteiger partial charge in [-0.1, -0.05) is 49.0 Å². The van der Waals surface area contributed by atoms with E-state index < -0.39 is 10.9 Å². The van der Waals surface area contributed by atoms with Gasteiger partial charge in [-0.2, -0.15) is 0 Å².